The molecule has 0 aliphatic carbocycles. The van der Waals surface area contributed by atoms with Gasteiger partial charge in [0.2, 0.25) is 0 Å². The third-order valence-corrected chi connectivity index (χ3v) is 4.62. The molecule has 3 rings (SSSR count). The minimum Gasteiger partial charge on any atom is -0.494 e. The molecule has 0 heterocycles. The van der Waals surface area contributed by atoms with Crippen LogP contribution >= 0.6 is 0 Å². The van der Waals surface area contributed by atoms with Gasteiger partial charge >= 0.3 is 0 Å². The Balaban J connectivity index is 1.86. The Morgan fingerprint density at radius 3 is 2.00 bits per heavy atom. The fourth-order valence-electron chi connectivity index (χ4n) is 2.89. The molecule has 5 nitrogen and oxygen atoms in total. The van der Waals surface area contributed by atoms with Crippen LogP contribution in [0.1, 0.15) is 34.0 Å². The fraction of sp³-hybridized carbons (Fsp3) is 0.154. The first kappa shape index (κ1) is 21.8. The molecule has 0 radical (unpaired) electrons. The third kappa shape index (κ3) is 6.31. The van der Waals surface area contributed by atoms with Crippen molar-refractivity contribution in [1.82, 2.24) is 5.32 Å². The van der Waals surface area contributed by atoms with Crippen LogP contribution in [0.5, 0.6) is 5.75 Å². The van der Waals surface area contributed by atoms with Crippen molar-refractivity contribution in [2.75, 3.05) is 11.9 Å². The summed E-state index contributed by atoms with van der Waals surface area (Å²) in [7, 11) is 0. The number of aryl methyl sites for hydroxylation is 2. The van der Waals surface area contributed by atoms with Gasteiger partial charge in [0, 0.05) is 11.3 Å². The van der Waals surface area contributed by atoms with Crippen LogP contribution in [0.2, 0.25) is 0 Å². The van der Waals surface area contributed by atoms with Crippen molar-refractivity contribution in [2.45, 2.75) is 20.8 Å². The van der Waals surface area contributed by atoms with Gasteiger partial charge in [0.25, 0.3) is 11.8 Å². The number of hydrogen-bond donors (Lipinski definition) is 2. The maximum absolute atomic E-state index is 13.0. The van der Waals surface area contributed by atoms with E-state index in [-0.39, 0.29) is 11.6 Å². The van der Waals surface area contributed by atoms with Gasteiger partial charge in [-0.05, 0) is 68.8 Å². The standard InChI is InChI=1S/C26H26N2O3/c1-4-31-23-15-9-20(10-16-23)17-24(26(30)27-22-13-7-19(3)8-14-22)28-25(29)21-11-5-18(2)6-12-21/h5-17H,4H2,1-3H3,(H,27,30)(H,28,29)/b24-17+. The predicted molar refractivity (Wildman–Crippen MR) is 124 cm³/mol. The lowest BCUT2D eigenvalue weighted by Gasteiger charge is -2.12. The quantitative estimate of drug-likeness (QED) is 0.528. The monoisotopic (exact) mass is 414 g/mol. The van der Waals surface area contributed by atoms with Crippen molar-refractivity contribution in [1.29, 1.82) is 0 Å². The van der Waals surface area contributed by atoms with Gasteiger partial charge in [0.15, 0.2) is 0 Å². The van der Waals surface area contributed by atoms with Crippen molar-refractivity contribution in [2.24, 2.45) is 0 Å². The molecule has 3 aromatic rings. The smallest absolute Gasteiger partial charge is 0.272 e. The van der Waals surface area contributed by atoms with Gasteiger partial charge in [-0.3, -0.25) is 9.59 Å². The number of carbonyl (C=O) groups excluding carboxylic acids is 2. The highest BCUT2D eigenvalue weighted by molar-refractivity contribution is 6.10. The summed E-state index contributed by atoms with van der Waals surface area (Å²) < 4.78 is 5.46. The highest BCUT2D eigenvalue weighted by Gasteiger charge is 2.15. The topological polar surface area (TPSA) is 67.4 Å². The summed E-state index contributed by atoms with van der Waals surface area (Å²) >= 11 is 0. The second-order valence-electron chi connectivity index (χ2n) is 7.20. The van der Waals surface area contributed by atoms with E-state index in [0.29, 0.717) is 17.9 Å². The van der Waals surface area contributed by atoms with E-state index in [4.69, 9.17) is 4.74 Å². The van der Waals surface area contributed by atoms with E-state index >= 15 is 0 Å². The molecule has 0 saturated heterocycles. The number of ether oxygens (including phenoxy) is 1. The minimum absolute atomic E-state index is 0.148. The first-order chi connectivity index (χ1) is 14.9. The molecule has 2 N–H and O–H groups in total. The molecule has 0 saturated carbocycles. The Kier molecular flexibility index (Phi) is 7.22. The molecule has 0 unspecified atom stereocenters. The van der Waals surface area contributed by atoms with Gasteiger partial charge < -0.3 is 15.4 Å². The molecular formula is C26H26N2O3. The van der Waals surface area contributed by atoms with Gasteiger partial charge in [-0.2, -0.15) is 0 Å². The minimum atomic E-state index is -0.404. The fourth-order valence-corrected chi connectivity index (χ4v) is 2.89. The molecule has 2 amide bonds. The number of amides is 2. The number of nitrogens with one attached hydrogen (secondary N) is 2. The maximum Gasteiger partial charge on any atom is 0.272 e. The molecule has 0 aliphatic heterocycles. The van der Waals surface area contributed by atoms with Crippen molar-refractivity contribution < 1.29 is 14.3 Å². The van der Waals surface area contributed by atoms with Crippen LogP contribution < -0.4 is 15.4 Å². The van der Waals surface area contributed by atoms with E-state index in [0.717, 1.165) is 22.4 Å². The number of hydrogen-bond acceptors (Lipinski definition) is 3. The summed E-state index contributed by atoms with van der Waals surface area (Å²) in [6.07, 6.45) is 1.64. The van der Waals surface area contributed by atoms with E-state index < -0.39 is 5.91 Å². The zero-order valence-corrected chi connectivity index (χ0v) is 17.9. The Labute approximate surface area is 182 Å². The van der Waals surface area contributed by atoms with Crippen LogP contribution in [0.15, 0.2) is 78.5 Å². The van der Waals surface area contributed by atoms with E-state index in [1.54, 1.807) is 18.2 Å². The number of carbonyl (C=O) groups is 2. The lowest BCUT2D eigenvalue weighted by atomic mass is 10.1. The van der Waals surface area contributed by atoms with Crippen LogP contribution in [0.3, 0.4) is 0 Å². The molecule has 158 valence electrons. The Hall–Kier alpha value is -3.86. The zero-order valence-electron chi connectivity index (χ0n) is 17.9. The second kappa shape index (κ2) is 10.3. The maximum atomic E-state index is 13.0. The van der Waals surface area contributed by atoms with E-state index in [9.17, 15) is 9.59 Å². The van der Waals surface area contributed by atoms with E-state index in [1.807, 2.05) is 81.4 Å². The predicted octanol–water partition coefficient (Wildman–Crippen LogP) is 5.11. The summed E-state index contributed by atoms with van der Waals surface area (Å²) in [6, 6.07) is 22.0. The molecule has 31 heavy (non-hydrogen) atoms. The highest BCUT2D eigenvalue weighted by atomic mass is 16.5. The van der Waals surface area contributed by atoms with Gasteiger partial charge in [-0.25, -0.2) is 0 Å². The van der Waals surface area contributed by atoms with E-state index in [2.05, 4.69) is 10.6 Å². The van der Waals surface area contributed by atoms with Crippen LogP contribution in [0.4, 0.5) is 5.69 Å². The molecule has 0 aromatic heterocycles. The van der Waals surface area contributed by atoms with E-state index in [1.165, 1.54) is 0 Å². The van der Waals surface area contributed by atoms with Gasteiger partial charge in [-0.15, -0.1) is 0 Å². The first-order valence-corrected chi connectivity index (χ1v) is 10.1. The number of rotatable bonds is 7. The molecule has 3 aromatic carbocycles. The van der Waals surface area contributed by atoms with Crippen molar-refractivity contribution >= 4 is 23.6 Å². The second-order valence-corrected chi connectivity index (χ2v) is 7.20. The molecule has 5 heteroatoms. The normalized spacial score (nSPS) is 11.0. The molecular weight excluding hydrogens is 388 g/mol. The number of anilines is 1. The Morgan fingerprint density at radius 1 is 0.839 bits per heavy atom. The molecule has 0 spiro atoms. The van der Waals surface area contributed by atoms with Crippen molar-refractivity contribution in [3.8, 4) is 5.75 Å². The lowest BCUT2D eigenvalue weighted by Crippen LogP contribution is -2.30. The third-order valence-electron chi connectivity index (χ3n) is 4.62. The van der Waals surface area contributed by atoms with Crippen LogP contribution in [0, 0.1) is 13.8 Å². The average Bonchev–Trinajstić information content (AvgIpc) is 2.76. The molecule has 0 atom stereocenters. The number of benzene rings is 3. The van der Waals surface area contributed by atoms with Gasteiger partial charge in [0.05, 0.1) is 6.61 Å². The summed E-state index contributed by atoms with van der Waals surface area (Å²) in [6.45, 7) is 6.42. The first-order valence-electron chi connectivity index (χ1n) is 10.1. The molecule has 0 aliphatic rings. The van der Waals surface area contributed by atoms with Gasteiger partial charge in [0.1, 0.15) is 11.4 Å². The Morgan fingerprint density at radius 2 is 1.42 bits per heavy atom. The Bertz CT molecular complexity index is 1070. The molecule has 0 fully saturated rings. The summed E-state index contributed by atoms with van der Waals surface area (Å²) in [5.41, 5.74) is 4.19. The zero-order chi connectivity index (χ0) is 22.2. The van der Waals surface area contributed by atoms with Crippen molar-refractivity contribution in [3.63, 3.8) is 0 Å². The van der Waals surface area contributed by atoms with Gasteiger partial charge in [-0.1, -0.05) is 47.5 Å². The molecule has 0 bridgehead atoms. The van der Waals surface area contributed by atoms with Crippen LogP contribution in [0.25, 0.3) is 6.08 Å². The summed E-state index contributed by atoms with van der Waals surface area (Å²) in [4.78, 5) is 25.7. The average molecular weight is 415 g/mol. The SMILES string of the molecule is CCOc1ccc(/C=C(/NC(=O)c2ccc(C)cc2)C(=O)Nc2ccc(C)cc2)cc1. The summed E-state index contributed by atoms with van der Waals surface area (Å²) in [5, 5.41) is 5.59. The largest absolute Gasteiger partial charge is 0.494 e. The van der Waals surface area contributed by atoms with Crippen LogP contribution in [-0.4, -0.2) is 18.4 Å². The lowest BCUT2D eigenvalue weighted by molar-refractivity contribution is -0.113. The van der Waals surface area contributed by atoms with Crippen molar-refractivity contribution in [3.05, 3.63) is 101 Å². The van der Waals surface area contributed by atoms with Crippen LogP contribution in [-0.2, 0) is 4.79 Å². The highest BCUT2D eigenvalue weighted by Crippen LogP contribution is 2.16. The summed E-state index contributed by atoms with van der Waals surface area (Å²) in [5.74, 6) is -0.0107.